The van der Waals surface area contributed by atoms with Crippen molar-refractivity contribution < 1.29 is 4.79 Å². The van der Waals surface area contributed by atoms with Gasteiger partial charge in [0.15, 0.2) is 0 Å². The first-order chi connectivity index (χ1) is 4.57. The van der Waals surface area contributed by atoms with Crippen LogP contribution in [-0.2, 0) is 4.79 Å². The Kier molecular flexibility index (Phi) is 4.96. The topological polar surface area (TPSA) is 17.1 Å². The minimum absolute atomic E-state index is 0.307. The van der Waals surface area contributed by atoms with Crippen molar-refractivity contribution in [3.8, 4) is 0 Å². The highest BCUT2D eigenvalue weighted by molar-refractivity contribution is 9.09. The molecular weight excluding hydrogens is 192 g/mol. The molecule has 0 aliphatic carbocycles. The van der Waals surface area contributed by atoms with E-state index in [0.717, 1.165) is 0 Å². The second-order valence-electron chi connectivity index (χ2n) is 3.10. The van der Waals surface area contributed by atoms with E-state index in [9.17, 15) is 4.79 Å². The van der Waals surface area contributed by atoms with Crippen LogP contribution in [0.2, 0.25) is 0 Å². The molecule has 1 nitrogen and oxygen atoms in total. The number of rotatable bonds is 4. The molecule has 0 aromatic carbocycles. The highest BCUT2D eigenvalue weighted by Crippen LogP contribution is 2.14. The summed E-state index contributed by atoms with van der Waals surface area (Å²) in [4.78, 5) is 10.9. The Morgan fingerprint density at radius 1 is 1.40 bits per heavy atom. The van der Waals surface area contributed by atoms with Gasteiger partial charge < -0.3 is 0 Å². The van der Waals surface area contributed by atoms with Crippen LogP contribution in [0.4, 0.5) is 0 Å². The van der Waals surface area contributed by atoms with Crippen LogP contribution in [0.1, 0.15) is 27.2 Å². The summed E-state index contributed by atoms with van der Waals surface area (Å²) in [6.07, 6.45) is 0.711. The van der Waals surface area contributed by atoms with Gasteiger partial charge in [-0.15, -0.1) is 0 Å². The number of alkyl halides is 1. The average molecular weight is 207 g/mol. The zero-order chi connectivity index (χ0) is 8.15. The van der Waals surface area contributed by atoms with E-state index in [1.807, 2.05) is 0 Å². The predicted octanol–water partition coefficient (Wildman–Crippen LogP) is 2.63. The minimum Gasteiger partial charge on any atom is -0.299 e. The molecule has 1 unspecified atom stereocenters. The molecule has 0 aromatic rings. The first-order valence-corrected chi connectivity index (χ1v) is 4.77. The fraction of sp³-hybridized carbons (Fsp3) is 0.875. The maximum Gasteiger partial charge on any atom is 0.143 e. The Balaban J connectivity index is 3.57. The molecule has 60 valence electrons. The number of carbonyl (C=O) groups excluding carboxylic acids is 1. The predicted molar refractivity (Wildman–Crippen MR) is 47.4 cm³/mol. The molecule has 0 N–H and O–H groups in total. The molecule has 0 fully saturated rings. The van der Waals surface area contributed by atoms with Gasteiger partial charge in [0.2, 0.25) is 0 Å². The maximum absolute atomic E-state index is 10.9. The lowest BCUT2D eigenvalue weighted by atomic mass is 9.93. The molecule has 0 saturated carbocycles. The van der Waals surface area contributed by atoms with Gasteiger partial charge in [-0.05, 0) is 11.8 Å². The molecule has 2 heteroatoms. The molecule has 1 atom stereocenters. The van der Waals surface area contributed by atoms with E-state index in [-0.39, 0.29) is 0 Å². The van der Waals surface area contributed by atoms with Crippen LogP contribution in [0.5, 0.6) is 0 Å². The molecule has 0 aliphatic heterocycles. The molecule has 0 radical (unpaired) electrons. The summed E-state index contributed by atoms with van der Waals surface area (Å²) in [6, 6.07) is 0. The standard InChI is InChI=1S/C8H15BrO/c1-6(2)7(3)4-8(10)5-9/h6-7H,4-5H2,1-3H3. The van der Waals surface area contributed by atoms with Gasteiger partial charge in [-0.1, -0.05) is 36.7 Å². The largest absolute Gasteiger partial charge is 0.299 e. The van der Waals surface area contributed by atoms with Crippen LogP contribution in [0.25, 0.3) is 0 Å². The summed E-state index contributed by atoms with van der Waals surface area (Å²) >= 11 is 3.14. The van der Waals surface area contributed by atoms with E-state index in [4.69, 9.17) is 0 Å². The number of Topliss-reactive ketones (excluding diaryl/α,β-unsaturated/α-hetero) is 1. The van der Waals surface area contributed by atoms with Gasteiger partial charge in [0.25, 0.3) is 0 Å². The van der Waals surface area contributed by atoms with Crippen LogP contribution in [-0.4, -0.2) is 11.1 Å². The van der Waals surface area contributed by atoms with Crippen LogP contribution in [0.15, 0.2) is 0 Å². The summed E-state index contributed by atoms with van der Waals surface area (Å²) in [5.74, 6) is 1.44. The highest BCUT2D eigenvalue weighted by atomic mass is 79.9. The maximum atomic E-state index is 10.9. The van der Waals surface area contributed by atoms with Gasteiger partial charge in [-0.3, -0.25) is 4.79 Å². The summed E-state index contributed by atoms with van der Waals surface area (Å²) in [7, 11) is 0. The van der Waals surface area contributed by atoms with Gasteiger partial charge in [0.1, 0.15) is 5.78 Å². The summed E-state index contributed by atoms with van der Waals surface area (Å²) in [5.41, 5.74) is 0. The van der Waals surface area contributed by atoms with Gasteiger partial charge in [-0.25, -0.2) is 0 Å². The average Bonchev–Trinajstić information content (AvgIpc) is 1.87. The van der Waals surface area contributed by atoms with Crippen LogP contribution in [0.3, 0.4) is 0 Å². The van der Waals surface area contributed by atoms with E-state index in [2.05, 4.69) is 36.7 Å². The van der Waals surface area contributed by atoms with Crippen molar-refractivity contribution in [2.24, 2.45) is 11.8 Å². The SMILES string of the molecule is CC(C)C(C)CC(=O)CBr. The second-order valence-corrected chi connectivity index (χ2v) is 3.66. The van der Waals surface area contributed by atoms with Crippen molar-refractivity contribution in [2.75, 3.05) is 5.33 Å². The third kappa shape index (κ3) is 4.04. The van der Waals surface area contributed by atoms with Crippen LogP contribution >= 0.6 is 15.9 Å². The lowest BCUT2D eigenvalue weighted by molar-refractivity contribution is -0.117. The quantitative estimate of drug-likeness (QED) is 0.647. The normalized spacial score (nSPS) is 13.7. The van der Waals surface area contributed by atoms with Crippen LogP contribution < -0.4 is 0 Å². The number of halogens is 1. The van der Waals surface area contributed by atoms with Gasteiger partial charge in [-0.2, -0.15) is 0 Å². The van der Waals surface area contributed by atoms with Crippen molar-refractivity contribution in [1.82, 2.24) is 0 Å². The Bertz CT molecular complexity index is 110. The van der Waals surface area contributed by atoms with Gasteiger partial charge in [0.05, 0.1) is 5.33 Å². The van der Waals surface area contributed by atoms with Gasteiger partial charge in [0, 0.05) is 6.42 Å². The Morgan fingerprint density at radius 2 is 1.90 bits per heavy atom. The lowest BCUT2D eigenvalue weighted by Crippen LogP contribution is -2.11. The second kappa shape index (κ2) is 4.89. The van der Waals surface area contributed by atoms with Crippen molar-refractivity contribution in [3.05, 3.63) is 0 Å². The Morgan fingerprint density at radius 3 is 2.20 bits per heavy atom. The molecular formula is C8H15BrO. The Hall–Kier alpha value is 0.150. The fourth-order valence-electron chi connectivity index (χ4n) is 0.649. The fourth-order valence-corrected chi connectivity index (χ4v) is 0.878. The summed E-state index contributed by atoms with van der Waals surface area (Å²) < 4.78 is 0. The molecule has 0 heterocycles. The lowest BCUT2D eigenvalue weighted by Gasteiger charge is -2.12. The molecule has 0 spiro atoms. The smallest absolute Gasteiger partial charge is 0.143 e. The summed E-state index contributed by atoms with van der Waals surface area (Å²) in [5, 5.41) is 0.504. The molecule has 0 saturated heterocycles. The summed E-state index contributed by atoms with van der Waals surface area (Å²) in [6.45, 7) is 6.41. The van der Waals surface area contributed by atoms with Crippen molar-refractivity contribution in [2.45, 2.75) is 27.2 Å². The molecule has 10 heavy (non-hydrogen) atoms. The molecule has 0 bridgehead atoms. The molecule has 0 amide bonds. The first kappa shape index (κ1) is 10.2. The third-order valence-electron chi connectivity index (χ3n) is 1.84. The van der Waals surface area contributed by atoms with Crippen molar-refractivity contribution in [3.63, 3.8) is 0 Å². The monoisotopic (exact) mass is 206 g/mol. The first-order valence-electron chi connectivity index (χ1n) is 3.65. The van der Waals surface area contributed by atoms with E-state index >= 15 is 0 Å². The number of ketones is 1. The molecule has 0 aliphatic rings. The Labute approximate surface area is 71.3 Å². The van der Waals surface area contributed by atoms with Crippen LogP contribution in [0, 0.1) is 11.8 Å². The number of hydrogen-bond donors (Lipinski definition) is 0. The zero-order valence-electron chi connectivity index (χ0n) is 6.86. The number of hydrogen-bond acceptors (Lipinski definition) is 1. The zero-order valence-corrected chi connectivity index (χ0v) is 8.44. The van der Waals surface area contributed by atoms with Crippen molar-refractivity contribution >= 4 is 21.7 Å². The van der Waals surface area contributed by atoms with E-state index in [0.29, 0.717) is 29.4 Å². The van der Waals surface area contributed by atoms with E-state index < -0.39 is 0 Å². The third-order valence-corrected chi connectivity index (χ3v) is 2.46. The number of carbonyl (C=O) groups is 1. The minimum atomic E-state index is 0.307. The van der Waals surface area contributed by atoms with Gasteiger partial charge >= 0.3 is 0 Å². The molecule has 0 aromatic heterocycles. The molecule has 0 rings (SSSR count). The van der Waals surface area contributed by atoms with E-state index in [1.165, 1.54) is 0 Å². The highest BCUT2D eigenvalue weighted by Gasteiger charge is 2.10. The van der Waals surface area contributed by atoms with Crippen molar-refractivity contribution in [1.29, 1.82) is 0 Å². The van der Waals surface area contributed by atoms with E-state index in [1.54, 1.807) is 0 Å².